The quantitative estimate of drug-likeness (QED) is 0.621. The van der Waals surface area contributed by atoms with Crippen molar-refractivity contribution in [1.82, 2.24) is 14.8 Å². The molecule has 2 rings (SSSR count). The van der Waals surface area contributed by atoms with Gasteiger partial charge in [0, 0.05) is 25.7 Å². The van der Waals surface area contributed by atoms with Crippen LogP contribution in [-0.4, -0.2) is 39.8 Å². The Hall–Kier alpha value is -2.14. The number of carbonyl (C=O) groups is 1. The fourth-order valence-corrected chi connectivity index (χ4v) is 3.28. The Bertz CT molecular complexity index is 778. The number of nitrogens with zero attached hydrogens (tertiary/aromatic N) is 3. The first kappa shape index (κ1) is 22.2. The first-order chi connectivity index (χ1) is 13.3. The number of benzene rings is 1. The lowest BCUT2D eigenvalue weighted by atomic mass is 10.0. The smallest absolute Gasteiger partial charge is 0.275 e. The molecule has 0 bridgehead atoms. The van der Waals surface area contributed by atoms with Crippen molar-refractivity contribution < 1.29 is 9.21 Å². The molecule has 0 fully saturated rings. The van der Waals surface area contributed by atoms with Crippen molar-refractivity contribution in [2.24, 2.45) is 5.92 Å². The van der Waals surface area contributed by atoms with Crippen molar-refractivity contribution in [2.45, 2.75) is 67.6 Å². The summed E-state index contributed by atoms with van der Waals surface area (Å²) >= 11 is 0. The van der Waals surface area contributed by atoms with Crippen LogP contribution >= 0.6 is 0 Å². The number of oxazole rings is 1. The number of hydrogen-bond acceptors (Lipinski definition) is 4. The van der Waals surface area contributed by atoms with Crippen molar-refractivity contribution in [3.8, 4) is 0 Å². The molecule has 1 aromatic heterocycles. The Morgan fingerprint density at radius 3 is 2.39 bits per heavy atom. The molecule has 0 aliphatic rings. The van der Waals surface area contributed by atoms with Gasteiger partial charge in [0.1, 0.15) is 6.26 Å². The topological polar surface area (TPSA) is 49.6 Å². The van der Waals surface area contributed by atoms with Crippen LogP contribution in [-0.2, 0) is 13.1 Å². The summed E-state index contributed by atoms with van der Waals surface area (Å²) in [7, 11) is 0. The van der Waals surface area contributed by atoms with E-state index in [1.54, 1.807) is 4.90 Å². The van der Waals surface area contributed by atoms with Gasteiger partial charge in [-0.1, -0.05) is 37.6 Å². The first-order valence-electron chi connectivity index (χ1n) is 10.3. The zero-order valence-electron chi connectivity index (χ0n) is 18.5. The lowest BCUT2D eigenvalue weighted by Crippen LogP contribution is -2.36. The molecule has 0 radical (unpaired) electrons. The molecule has 1 amide bonds. The monoisotopic (exact) mass is 385 g/mol. The zero-order valence-corrected chi connectivity index (χ0v) is 18.5. The number of aromatic nitrogens is 1. The normalized spacial score (nSPS) is 12.6. The molecule has 0 saturated carbocycles. The summed E-state index contributed by atoms with van der Waals surface area (Å²) in [4.78, 5) is 21.1. The fourth-order valence-electron chi connectivity index (χ4n) is 3.28. The van der Waals surface area contributed by atoms with Crippen molar-refractivity contribution >= 4 is 5.91 Å². The minimum atomic E-state index is -0.0713. The molecule has 0 aliphatic carbocycles. The third-order valence-corrected chi connectivity index (χ3v) is 5.58. The summed E-state index contributed by atoms with van der Waals surface area (Å²) < 4.78 is 5.68. The Labute approximate surface area is 169 Å². The van der Waals surface area contributed by atoms with Gasteiger partial charge in [0.25, 0.3) is 5.91 Å². The minimum Gasteiger partial charge on any atom is -0.447 e. The highest BCUT2D eigenvalue weighted by Crippen LogP contribution is 2.21. The van der Waals surface area contributed by atoms with Gasteiger partial charge in [-0.25, -0.2) is 4.98 Å². The third-order valence-electron chi connectivity index (χ3n) is 5.58. The second kappa shape index (κ2) is 9.87. The summed E-state index contributed by atoms with van der Waals surface area (Å²) in [5.41, 5.74) is 4.26. The Morgan fingerprint density at radius 1 is 1.11 bits per heavy atom. The lowest BCUT2D eigenvalue weighted by molar-refractivity contribution is 0.0767. The molecular weight excluding hydrogens is 350 g/mol. The number of rotatable bonds is 9. The Balaban J connectivity index is 2.22. The molecule has 0 saturated heterocycles. The predicted molar refractivity (Wildman–Crippen MR) is 113 cm³/mol. The molecular formula is C23H35N3O2. The predicted octanol–water partition coefficient (Wildman–Crippen LogP) is 4.82. The van der Waals surface area contributed by atoms with Gasteiger partial charge in [0.05, 0.1) is 6.54 Å². The van der Waals surface area contributed by atoms with Crippen LogP contribution in [0.15, 0.2) is 28.9 Å². The maximum atomic E-state index is 12.5. The largest absolute Gasteiger partial charge is 0.447 e. The Kier molecular flexibility index (Phi) is 7.81. The molecule has 1 aromatic carbocycles. The molecule has 1 atom stereocenters. The van der Waals surface area contributed by atoms with Crippen LogP contribution in [0.1, 0.15) is 67.7 Å². The van der Waals surface area contributed by atoms with Gasteiger partial charge in [-0.3, -0.25) is 9.69 Å². The van der Waals surface area contributed by atoms with Crippen molar-refractivity contribution in [1.29, 1.82) is 0 Å². The van der Waals surface area contributed by atoms with Crippen molar-refractivity contribution in [3.63, 3.8) is 0 Å². The van der Waals surface area contributed by atoms with E-state index in [9.17, 15) is 4.79 Å². The van der Waals surface area contributed by atoms with Crippen LogP contribution in [0.3, 0.4) is 0 Å². The zero-order chi connectivity index (χ0) is 20.8. The van der Waals surface area contributed by atoms with Crippen LogP contribution in [0.25, 0.3) is 0 Å². The minimum absolute atomic E-state index is 0.0713. The number of hydrogen-bond donors (Lipinski definition) is 0. The molecule has 5 nitrogen and oxygen atoms in total. The second-order valence-corrected chi connectivity index (χ2v) is 7.92. The van der Waals surface area contributed by atoms with E-state index in [1.807, 2.05) is 13.8 Å². The summed E-state index contributed by atoms with van der Waals surface area (Å²) in [5.74, 6) is 1.02. The van der Waals surface area contributed by atoms with Gasteiger partial charge < -0.3 is 9.32 Å². The van der Waals surface area contributed by atoms with Crippen LogP contribution in [0.4, 0.5) is 0 Å². The van der Waals surface area contributed by atoms with Gasteiger partial charge in [-0.15, -0.1) is 0 Å². The number of aryl methyl sites for hydroxylation is 2. The molecule has 0 aliphatic heterocycles. The average molecular weight is 386 g/mol. The number of amides is 1. The molecule has 1 heterocycles. The van der Waals surface area contributed by atoms with Gasteiger partial charge >= 0.3 is 0 Å². The van der Waals surface area contributed by atoms with E-state index < -0.39 is 0 Å². The maximum Gasteiger partial charge on any atom is 0.275 e. The molecule has 5 heteroatoms. The van der Waals surface area contributed by atoms with Crippen LogP contribution in [0, 0.1) is 19.8 Å². The SMILES string of the molecule is CCN(CC)C(=O)c1coc(CN(Cc2cc(C)ccc2C)C(C)C(C)C)n1. The summed E-state index contributed by atoms with van der Waals surface area (Å²) in [6, 6.07) is 6.93. The molecule has 1 unspecified atom stereocenters. The number of carbonyl (C=O) groups excluding carboxylic acids is 1. The second-order valence-electron chi connectivity index (χ2n) is 7.92. The van der Waals surface area contributed by atoms with E-state index in [1.165, 1.54) is 23.0 Å². The van der Waals surface area contributed by atoms with Crippen LogP contribution in [0.2, 0.25) is 0 Å². The molecule has 0 N–H and O–H groups in total. The fraction of sp³-hybridized carbons (Fsp3) is 0.565. The standard InChI is InChI=1S/C23H35N3O2/c1-8-25(9-2)23(27)21-15-28-22(24-21)14-26(19(7)16(3)4)13-20-12-17(5)10-11-18(20)6/h10-12,15-16,19H,8-9,13-14H2,1-7H3. The summed E-state index contributed by atoms with van der Waals surface area (Å²) in [6.45, 7) is 17.7. The third kappa shape index (κ3) is 5.44. The van der Waals surface area contributed by atoms with E-state index in [2.05, 4.69) is 62.7 Å². The van der Waals surface area contributed by atoms with E-state index in [0.29, 0.717) is 43.2 Å². The molecule has 28 heavy (non-hydrogen) atoms. The van der Waals surface area contributed by atoms with Gasteiger partial charge in [-0.2, -0.15) is 0 Å². The molecule has 154 valence electrons. The van der Waals surface area contributed by atoms with Crippen molar-refractivity contribution in [2.75, 3.05) is 13.1 Å². The molecule has 0 spiro atoms. The van der Waals surface area contributed by atoms with E-state index >= 15 is 0 Å². The molecule has 2 aromatic rings. The summed E-state index contributed by atoms with van der Waals surface area (Å²) in [6.07, 6.45) is 1.49. The van der Waals surface area contributed by atoms with Gasteiger partial charge in [0.15, 0.2) is 5.69 Å². The van der Waals surface area contributed by atoms with E-state index in [0.717, 1.165) is 6.54 Å². The van der Waals surface area contributed by atoms with Crippen LogP contribution < -0.4 is 0 Å². The van der Waals surface area contributed by atoms with Crippen LogP contribution in [0.5, 0.6) is 0 Å². The van der Waals surface area contributed by atoms with E-state index in [-0.39, 0.29) is 5.91 Å². The Morgan fingerprint density at radius 2 is 1.79 bits per heavy atom. The maximum absolute atomic E-state index is 12.5. The van der Waals surface area contributed by atoms with E-state index in [4.69, 9.17) is 4.42 Å². The van der Waals surface area contributed by atoms with Crippen molar-refractivity contribution in [3.05, 3.63) is 52.7 Å². The van der Waals surface area contributed by atoms with Gasteiger partial charge in [0.2, 0.25) is 5.89 Å². The average Bonchev–Trinajstić information content (AvgIpc) is 3.12. The van der Waals surface area contributed by atoms with Gasteiger partial charge in [-0.05, 0) is 51.7 Å². The highest BCUT2D eigenvalue weighted by Gasteiger charge is 2.23. The lowest BCUT2D eigenvalue weighted by Gasteiger charge is -2.31. The highest BCUT2D eigenvalue weighted by molar-refractivity contribution is 5.91. The first-order valence-corrected chi connectivity index (χ1v) is 10.3. The summed E-state index contributed by atoms with van der Waals surface area (Å²) in [5, 5.41) is 0. The highest BCUT2D eigenvalue weighted by atomic mass is 16.3.